The minimum Gasteiger partial charge on any atom is -0.497 e. The number of fused-ring (bicyclic) bond motifs is 1. The Labute approximate surface area is 123 Å². The quantitative estimate of drug-likeness (QED) is 0.913. The molecule has 0 unspecified atom stereocenters. The molecule has 0 saturated carbocycles. The van der Waals surface area contributed by atoms with E-state index < -0.39 is 0 Å². The Morgan fingerprint density at radius 3 is 3.00 bits per heavy atom. The molecule has 0 amide bonds. The number of hydrogen-bond donors (Lipinski definition) is 1. The molecule has 1 N–H and O–H groups in total. The molecule has 1 aromatic carbocycles. The highest BCUT2D eigenvalue weighted by atomic mass is 16.5. The van der Waals surface area contributed by atoms with Crippen molar-refractivity contribution in [2.45, 2.75) is 18.9 Å². The fraction of sp³-hybridized carbons (Fsp3) is 0.375. The first kappa shape index (κ1) is 13.7. The van der Waals surface area contributed by atoms with Crippen LogP contribution in [0.5, 0.6) is 5.75 Å². The summed E-state index contributed by atoms with van der Waals surface area (Å²) in [6.45, 7) is 1.35. The van der Waals surface area contributed by atoms with Crippen molar-refractivity contribution in [3.8, 4) is 11.8 Å². The smallest absolute Gasteiger partial charge is 0.147 e. The van der Waals surface area contributed by atoms with Gasteiger partial charge in [0.15, 0.2) is 0 Å². The number of aliphatic hydroxyl groups excluding tert-OH is 1. The minimum absolute atomic E-state index is 0.348. The number of nitrogens with zero attached hydrogens (tertiary/aromatic N) is 3. The van der Waals surface area contributed by atoms with Crippen LogP contribution < -0.4 is 9.64 Å². The van der Waals surface area contributed by atoms with Gasteiger partial charge in [0.1, 0.15) is 17.6 Å². The lowest BCUT2D eigenvalue weighted by Gasteiger charge is -2.31. The van der Waals surface area contributed by atoms with E-state index in [0.29, 0.717) is 17.9 Å². The highest BCUT2D eigenvalue weighted by Gasteiger charge is 2.21. The molecule has 1 atom stereocenters. The summed E-state index contributed by atoms with van der Waals surface area (Å²) in [4.78, 5) is 6.61. The van der Waals surface area contributed by atoms with E-state index in [2.05, 4.69) is 11.1 Å². The summed E-state index contributed by atoms with van der Waals surface area (Å²) in [5, 5.41) is 20.1. The van der Waals surface area contributed by atoms with Gasteiger partial charge in [-0.05, 0) is 37.1 Å². The first-order valence-electron chi connectivity index (χ1n) is 7.03. The van der Waals surface area contributed by atoms with Crippen molar-refractivity contribution in [3.63, 3.8) is 0 Å². The molecule has 2 aromatic rings. The van der Waals surface area contributed by atoms with Crippen LogP contribution in [0, 0.1) is 11.3 Å². The van der Waals surface area contributed by atoms with E-state index in [-0.39, 0.29) is 6.10 Å². The zero-order chi connectivity index (χ0) is 14.8. The number of aromatic nitrogens is 1. The van der Waals surface area contributed by atoms with Gasteiger partial charge in [0.2, 0.25) is 0 Å². The van der Waals surface area contributed by atoms with Crippen LogP contribution in [-0.4, -0.2) is 36.4 Å². The van der Waals surface area contributed by atoms with Crippen LogP contribution in [-0.2, 0) is 0 Å². The first-order valence-corrected chi connectivity index (χ1v) is 7.03. The highest BCUT2D eigenvalue weighted by Crippen LogP contribution is 2.27. The van der Waals surface area contributed by atoms with Gasteiger partial charge in [-0.25, -0.2) is 4.98 Å². The number of nitriles is 1. The Bertz CT molecular complexity index is 708. The molecule has 2 heterocycles. The number of piperidine rings is 1. The zero-order valence-corrected chi connectivity index (χ0v) is 11.9. The predicted molar refractivity (Wildman–Crippen MR) is 80.5 cm³/mol. The molecule has 21 heavy (non-hydrogen) atoms. The summed E-state index contributed by atoms with van der Waals surface area (Å²) in [7, 11) is 1.61. The molecule has 1 aliphatic rings. The molecule has 1 saturated heterocycles. The van der Waals surface area contributed by atoms with Crippen molar-refractivity contribution >= 4 is 16.7 Å². The number of methoxy groups -OCH3 is 1. The van der Waals surface area contributed by atoms with E-state index in [4.69, 9.17) is 4.74 Å². The lowest BCUT2D eigenvalue weighted by Crippen LogP contribution is -2.39. The summed E-state index contributed by atoms with van der Waals surface area (Å²) in [5.41, 5.74) is 1.36. The standard InChI is InChI=1S/C16H17N3O2/c1-21-14-4-5-15-11(8-14)7-12(9-17)16(18-15)19-6-2-3-13(20)10-19/h4-5,7-8,13,20H,2-3,6,10H2,1H3/t13-/m1/s1. The van der Waals surface area contributed by atoms with Gasteiger partial charge in [-0.3, -0.25) is 0 Å². The molecule has 0 aliphatic carbocycles. The van der Waals surface area contributed by atoms with Crippen molar-refractivity contribution in [2.24, 2.45) is 0 Å². The second-order valence-electron chi connectivity index (χ2n) is 5.27. The van der Waals surface area contributed by atoms with Gasteiger partial charge in [-0.2, -0.15) is 5.26 Å². The average Bonchev–Trinajstić information content (AvgIpc) is 2.53. The van der Waals surface area contributed by atoms with Gasteiger partial charge in [0.05, 0.1) is 24.3 Å². The normalized spacial score (nSPS) is 18.5. The van der Waals surface area contributed by atoms with Crippen molar-refractivity contribution in [1.29, 1.82) is 5.26 Å². The number of ether oxygens (including phenoxy) is 1. The molecular formula is C16H17N3O2. The molecule has 1 fully saturated rings. The average molecular weight is 283 g/mol. The molecule has 1 aromatic heterocycles. The third kappa shape index (κ3) is 2.63. The lowest BCUT2D eigenvalue weighted by molar-refractivity contribution is 0.154. The largest absolute Gasteiger partial charge is 0.497 e. The number of benzene rings is 1. The van der Waals surface area contributed by atoms with Crippen molar-refractivity contribution in [2.75, 3.05) is 25.1 Å². The predicted octanol–water partition coefficient (Wildman–Crippen LogP) is 2.08. The van der Waals surface area contributed by atoms with Crippen molar-refractivity contribution < 1.29 is 9.84 Å². The first-order chi connectivity index (χ1) is 10.2. The Morgan fingerprint density at radius 2 is 2.29 bits per heavy atom. The summed E-state index contributed by atoms with van der Waals surface area (Å²) in [6.07, 6.45) is 1.37. The summed E-state index contributed by atoms with van der Waals surface area (Å²) in [6, 6.07) is 9.66. The van der Waals surface area contributed by atoms with Crippen molar-refractivity contribution in [3.05, 3.63) is 29.8 Å². The van der Waals surface area contributed by atoms with Gasteiger partial charge in [-0.15, -0.1) is 0 Å². The van der Waals surface area contributed by atoms with E-state index in [9.17, 15) is 10.4 Å². The Balaban J connectivity index is 2.07. The van der Waals surface area contributed by atoms with Crippen LogP contribution in [0.15, 0.2) is 24.3 Å². The zero-order valence-electron chi connectivity index (χ0n) is 11.9. The van der Waals surface area contributed by atoms with Crippen LogP contribution in [0.3, 0.4) is 0 Å². The van der Waals surface area contributed by atoms with E-state index >= 15 is 0 Å². The maximum atomic E-state index is 9.82. The Morgan fingerprint density at radius 1 is 1.43 bits per heavy atom. The molecule has 1 aliphatic heterocycles. The fourth-order valence-corrected chi connectivity index (χ4v) is 2.74. The number of rotatable bonds is 2. The summed E-state index contributed by atoms with van der Waals surface area (Å²) >= 11 is 0. The van der Waals surface area contributed by atoms with Crippen LogP contribution in [0.1, 0.15) is 18.4 Å². The monoisotopic (exact) mass is 283 g/mol. The number of pyridine rings is 1. The summed E-state index contributed by atoms with van der Waals surface area (Å²) < 4.78 is 5.20. The van der Waals surface area contributed by atoms with Crippen LogP contribution in [0.2, 0.25) is 0 Å². The SMILES string of the molecule is COc1ccc2nc(N3CCC[C@@H](O)C3)c(C#N)cc2c1. The van der Waals surface area contributed by atoms with Crippen LogP contribution in [0.25, 0.3) is 10.9 Å². The molecule has 5 nitrogen and oxygen atoms in total. The van der Waals surface area contributed by atoms with E-state index in [0.717, 1.165) is 36.0 Å². The van der Waals surface area contributed by atoms with E-state index in [1.54, 1.807) is 7.11 Å². The molecule has 0 spiro atoms. The third-order valence-electron chi connectivity index (χ3n) is 3.82. The molecule has 0 bridgehead atoms. The number of β-amino-alcohol motifs (C(OH)–C–C–N with tert-alkyl or cyclic N) is 1. The van der Waals surface area contributed by atoms with Gasteiger partial charge < -0.3 is 14.7 Å². The highest BCUT2D eigenvalue weighted by molar-refractivity contribution is 5.84. The number of anilines is 1. The fourth-order valence-electron chi connectivity index (χ4n) is 2.74. The van der Waals surface area contributed by atoms with Gasteiger partial charge in [0, 0.05) is 18.5 Å². The topological polar surface area (TPSA) is 69.4 Å². The molecule has 0 radical (unpaired) electrons. The summed E-state index contributed by atoms with van der Waals surface area (Å²) in [5.74, 6) is 1.41. The second kappa shape index (κ2) is 5.58. The lowest BCUT2D eigenvalue weighted by atomic mass is 10.1. The van der Waals surface area contributed by atoms with Gasteiger partial charge >= 0.3 is 0 Å². The second-order valence-corrected chi connectivity index (χ2v) is 5.27. The molecule has 108 valence electrons. The third-order valence-corrected chi connectivity index (χ3v) is 3.82. The molecule has 5 heteroatoms. The van der Waals surface area contributed by atoms with E-state index in [1.807, 2.05) is 29.2 Å². The van der Waals surface area contributed by atoms with Gasteiger partial charge in [-0.1, -0.05) is 0 Å². The maximum Gasteiger partial charge on any atom is 0.147 e. The molecule has 3 rings (SSSR count). The Hall–Kier alpha value is -2.32. The number of aliphatic hydroxyl groups is 1. The Kier molecular flexibility index (Phi) is 3.63. The number of hydrogen-bond acceptors (Lipinski definition) is 5. The van der Waals surface area contributed by atoms with E-state index in [1.165, 1.54) is 0 Å². The van der Waals surface area contributed by atoms with Crippen LogP contribution >= 0.6 is 0 Å². The van der Waals surface area contributed by atoms with Gasteiger partial charge in [0.25, 0.3) is 0 Å². The van der Waals surface area contributed by atoms with Crippen molar-refractivity contribution in [1.82, 2.24) is 4.98 Å². The molecular weight excluding hydrogens is 266 g/mol. The maximum absolute atomic E-state index is 9.82. The van der Waals surface area contributed by atoms with Crippen LogP contribution in [0.4, 0.5) is 5.82 Å². The minimum atomic E-state index is -0.348.